The average Bonchev–Trinajstić information content (AvgIpc) is 3.04. The van der Waals surface area contributed by atoms with E-state index in [2.05, 4.69) is 15.4 Å². The molecule has 1 saturated heterocycles. The van der Waals surface area contributed by atoms with E-state index < -0.39 is 28.0 Å². The van der Waals surface area contributed by atoms with Crippen molar-refractivity contribution >= 4 is 22.0 Å². The number of imide groups is 1. The number of hydrogen-bond acceptors (Lipinski definition) is 4. The first-order chi connectivity index (χ1) is 10.5. The molecule has 3 N–H and O–H groups in total. The van der Waals surface area contributed by atoms with Crippen molar-refractivity contribution in [1.82, 2.24) is 15.4 Å². The van der Waals surface area contributed by atoms with Gasteiger partial charge in [0.1, 0.15) is 6.04 Å². The Balaban J connectivity index is 1.62. The van der Waals surface area contributed by atoms with E-state index in [1.54, 1.807) is 12.1 Å². The van der Waals surface area contributed by atoms with Gasteiger partial charge in [0.2, 0.25) is 10.0 Å². The number of urea groups is 1. The molecule has 1 heterocycles. The van der Waals surface area contributed by atoms with Crippen LogP contribution in [0.4, 0.5) is 4.79 Å². The van der Waals surface area contributed by atoms with Gasteiger partial charge < -0.3 is 5.32 Å². The van der Waals surface area contributed by atoms with Crippen molar-refractivity contribution in [3.63, 3.8) is 0 Å². The number of amides is 3. The number of aryl methyl sites for hydroxylation is 2. The van der Waals surface area contributed by atoms with Crippen LogP contribution in [0.15, 0.2) is 23.1 Å². The van der Waals surface area contributed by atoms with E-state index in [1.165, 1.54) is 5.56 Å². The fourth-order valence-electron chi connectivity index (χ4n) is 2.80. The summed E-state index contributed by atoms with van der Waals surface area (Å²) in [4.78, 5) is 22.6. The highest BCUT2D eigenvalue weighted by Gasteiger charge is 2.29. The Hall–Kier alpha value is -1.93. The molecule has 22 heavy (non-hydrogen) atoms. The van der Waals surface area contributed by atoms with Crippen LogP contribution in [-0.4, -0.2) is 32.9 Å². The lowest BCUT2D eigenvalue weighted by Gasteiger charge is -2.10. The highest BCUT2D eigenvalue weighted by Crippen LogP contribution is 2.24. The van der Waals surface area contributed by atoms with Crippen LogP contribution >= 0.6 is 0 Å². The standard InChI is InChI=1S/C14H17N3O4S/c18-13-12(16-14(19)17-13)6-7-15-22(20,21)11-5-4-9-2-1-3-10(9)8-11/h4-5,8,12,15H,1-3,6-7H2,(H2,16,17,18,19). The summed E-state index contributed by atoms with van der Waals surface area (Å²) in [5, 5.41) is 4.54. The van der Waals surface area contributed by atoms with Crippen LogP contribution in [0.1, 0.15) is 24.0 Å². The first-order valence-electron chi connectivity index (χ1n) is 7.18. The maximum atomic E-state index is 12.3. The number of carbonyl (C=O) groups is 2. The highest BCUT2D eigenvalue weighted by molar-refractivity contribution is 7.89. The maximum Gasteiger partial charge on any atom is 0.322 e. The SMILES string of the molecule is O=C1NC(=O)C(CCNS(=O)(=O)c2ccc3c(c2)CCC3)N1. The first kappa shape index (κ1) is 15.0. The molecule has 3 rings (SSSR count). The molecule has 3 amide bonds. The molecular formula is C14H17N3O4S. The normalized spacial score (nSPS) is 20.6. The second-order valence-corrected chi connectivity index (χ2v) is 7.25. The largest absolute Gasteiger partial charge is 0.326 e. The van der Waals surface area contributed by atoms with Crippen LogP contribution < -0.4 is 15.4 Å². The fraction of sp³-hybridized carbons (Fsp3) is 0.429. The zero-order valence-electron chi connectivity index (χ0n) is 11.9. The predicted octanol–water partition coefficient (Wildman–Crippen LogP) is 0.0517. The molecule has 1 aliphatic heterocycles. The summed E-state index contributed by atoms with van der Waals surface area (Å²) >= 11 is 0. The Bertz CT molecular complexity index is 730. The predicted molar refractivity (Wildman–Crippen MR) is 78.7 cm³/mol. The van der Waals surface area contributed by atoms with Gasteiger partial charge in [-0.25, -0.2) is 17.9 Å². The molecule has 1 aliphatic carbocycles. The summed E-state index contributed by atoms with van der Waals surface area (Å²) in [7, 11) is -3.60. The third-order valence-electron chi connectivity index (χ3n) is 3.96. The smallest absolute Gasteiger partial charge is 0.322 e. The third kappa shape index (κ3) is 2.97. The lowest BCUT2D eigenvalue weighted by molar-refractivity contribution is -0.120. The number of hydrogen-bond donors (Lipinski definition) is 3. The van der Waals surface area contributed by atoms with Gasteiger partial charge in [-0.1, -0.05) is 6.07 Å². The van der Waals surface area contributed by atoms with Gasteiger partial charge in [-0.15, -0.1) is 0 Å². The van der Waals surface area contributed by atoms with Crippen LogP contribution in [0.2, 0.25) is 0 Å². The molecule has 2 aliphatic rings. The van der Waals surface area contributed by atoms with Gasteiger partial charge in [0.05, 0.1) is 4.90 Å². The van der Waals surface area contributed by atoms with Gasteiger partial charge >= 0.3 is 6.03 Å². The van der Waals surface area contributed by atoms with Crippen LogP contribution in [0.3, 0.4) is 0 Å². The number of sulfonamides is 1. The monoisotopic (exact) mass is 323 g/mol. The summed E-state index contributed by atoms with van der Waals surface area (Å²) in [5.41, 5.74) is 2.30. The number of carbonyl (C=O) groups excluding carboxylic acids is 2. The van der Waals surface area contributed by atoms with Gasteiger partial charge in [-0.2, -0.15) is 0 Å². The molecule has 1 aromatic rings. The average molecular weight is 323 g/mol. The molecule has 0 aromatic heterocycles. The second-order valence-electron chi connectivity index (χ2n) is 5.49. The van der Waals surface area contributed by atoms with E-state index in [0.29, 0.717) is 0 Å². The molecule has 8 heteroatoms. The van der Waals surface area contributed by atoms with Crippen LogP contribution in [0.25, 0.3) is 0 Å². The van der Waals surface area contributed by atoms with E-state index in [-0.39, 0.29) is 17.9 Å². The Labute approximate surface area is 128 Å². The lowest BCUT2D eigenvalue weighted by atomic mass is 10.1. The first-order valence-corrected chi connectivity index (χ1v) is 8.67. The number of rotatable bonds is 5. The lowest BCUT2D eigenvalue weighted by Crippen LogP contribution is -2.34. The molecule has 0 radical (unpaired) electrons. The number of nitrogens with one attached hydrogen (secondary N) is 3. The molecule has 0 spiro atoms. The van der Waals surface area contributed by atoms with E-state index in [9.17, 15) is 18.0 Å². The molecule has 1 aromatic carbocycles. The molecule has 1 atom stereocenters. The van der Waals surface area contributed by atoms with Crippen LogP contribution in [0, 0.1) is 0 Å². The summed E-state index contributed by atoms with van der Waals surface area (Å²) in [6.45, 7) is 0.0811. The Morgan fingerprint density at radius 1 is 1.18 bits per heavy atom. The van der Waals surface area contributed by atoms with Crippen molar-refractivity contribution in [1.29, 1.82) is 0 Å². The van der Waals surface area contributed by atoms with Gasteiger partial charge in [0.15, 0.2) is 0 Å². The Morgan fingerprint density at radius 3 is 2.68 bits per heavy atom. The van der Waals surface area contributed by atoms with Crippen molar-refractivity contribution in [2.75, 3.05) is 6.54 Å². The van der Waals surface area contributed by atoms with E-state index in [4.69, 9.17) is 0 Å². The Morgan fingerprint density at radius 2 is 1.95 bits per heavy atom. The van der Waals surface area contributed by atoms with E-state index in [0.717, 1.165) is 24.8 Å². The molecule has 118 valence electrons. The molecule has 7 nitrogen and oxygen atoms in total. The minimum absolute atomic E-state index is 0.0811. The quantitative estimate of drug-likeness (QED) is 0.666. The van der Waals surface area contributed by atoms with E-state index >= 15 is 0 Å². The third-order valence-corrected chi connectivity index (χ3v) is 5.42. The highest BCUT2D eigenvalue weighted by atomic mass is 32.2. The Kier molecular flexibility index (Phi) is 3.88. The van der Waals surface area contributed by atoms with Crippen LogP contribution in [-0.2, 0) is 27.7 Å². The van der Waals surface area contributed by atoms with Crippen molar-refractivity contribution in [3.05, 3.63) is 29.3 Å². The maximum absolute atomic E-state index is 12.3. The zero-order chi connectivity index (χ0) is 15.7. The molecular weight excluding hydrogens is 306 g/mol. The van der Waals surface area contributed by atoms with Gasteiger partial charge in [0.25, 0.3) is 5.91 Å². The molecule has 1 unspecified atom stereocenters. The number of benzene rings is 1. The topological polar surface area (TPSA) is 104 Å². The van der Waals surface area contributed by atoms with Gasteiger partial charge in [-0.3, -0.25) is 10.1 Å². The summed E-state index contributed by atoms with van der Waals surface area (Å²) < 4.78 is 27.0. The molecule has 0 bridgehead atoms. The molecule has 0 saturated carbocycles. The van der Waals surface area contributed by atoms with E-state index in [1.807, 2.05) is 6.07 Å². The van der Waals surface area contributed by atoms with Gasteiger partial charge in [0, 0.05) is 6.54 Å². The summed E-state index contributed by atoms with van der Waals surface area (Å²) in [6.07, 6.45) is 3.18. The second kappa shape index (κ2) is 5.69. The minimum atomic E-state index is -3.60. The van der Waals surface area contributed by atoms with Crippen molar-refractivity contribution in [3.8, 4) is 0 Å². The minimum Gasteiger partial charge on any atom is -0.326 e. The summed E-state index contributed by atoms with van der Waals surface area (Å²) in [6, 6.07) is 3.96. The zero-order valence-corrected chi connectivity index (χ0v) is 12.7. The number of fused-ring (bicyclic) bond motifs is 1. The van der Waals surface area contributed by atoms with Gasteiger partial charge in [-0.05, 0) is 48.9 Å². The van der Waals surface area contributed by atoms with Crippen molar-refractivity contribution < 1.29 is 18.0 Å². The van der Waals surface area contributed by atoms with Crippen molar-refractivity contribution in [2.24, 2.45) is 0 Å². The fourth-order valence-corrected chi connectivity index (χ4v) is 3.90. The summed E-state index contributed by atoms with van der Waals surface area (Å²) in [5.74, 6) is -0.429. The van der Waals surface area contributed by atoms with Crippen molar-refractivity contribution in [2.45, 2.75) is 36.6 Å². The molecule has 1 fully saturated rings. The van der Waals surface area contributed by atoms with Crippen LogP contribution in [0.5, 0.6) is 0 Å².